The van der Waals surface area contributed by atoms with E-state index in [0.717, 1.165) is 45.3 Å². The predicted molar refractivity (Wildman–Crippen MR) is 125 cm³/mol. The lowest BCUT2D eigenvalue weighted by molar-refractivity contribution is -0.0262. The van der Waals surface area contributed by atoms with E-state index in [0.29, 0.717) is 12.0 Å². The van der Waals surface area contributed by atoms with Crippen LogP contribution in [0.1, 0.15) is 47.0 Å². The smallest absolute Gasteiger partial charge is 0.191 e. The molecule has 0 aliphatic carbocycles. The Morgan fingerprint density at radius 3 is 2.52 bits per heavy atom. The van der Waals surface area contributed by atoms with Gasteiger partial charge in [-0.2, -0.15) is 0 Å². The molecule has 0 aromatic rings. The Morgan fingerprint density at radius 2 is 1.89 bits per heavy atom. The molecule has 7 heteroatoms. The number of nitrogens with zero attached hydrogens (tertiary/aromatic N) is 3. The number of ether oxygens (including phenoxy) is 1. The van der Waals surface area contributed by atoms with Gasteiger partial charge in [0.2, 0.25) is 0 Å². The first kappa shape index (κ1) is 24.9. The minimum Gasteiger partial charge on any atom is -0.374 e. The number of rotatable bonds is 8. The number of nitrogens with one attached hydrogen (secondary N) is 2. The van der Waals surface area contributed by atoms with E-state index in [1.807, 2.05) is 0 Å². The Morgan fingerprint density at radius 1 is 1.15 bits per heavy atom. The number of aliphatic imine (C=N–C) groups is 1. The molecule has 2 aliphatic rings. The minimum absolute atomic E-state index is 0. The van der Waals surface area contributed by atoms with Crippen LogP contribution in [-0.2, 0) is 4.74 Å². The van der Waals surface area contributed by atoms with Gasteiger partial charge < -0.3 is 20.3 Å². The Balaban J connectivity index is 0.00000364. The van der Waals surface area contributed by atoms with Gasteiger partial charge >= 0.3 is 0 Å². The molecule has 2 fully saturated rings. The molecular weight excluding hydrogens is 453 g/mol. The van der Waals surface area contributed by atoms with Crippen molar-refractivity contribution in [1.29, 1.82) is 0 Å². The van der Waals surface area contributed by atoms with Crippen LogP contribution in [0.5, 0.6) is 0 Å². The zero-order chi connectivity index (χ0) is 18.8. The first-order valence-corrected chi connectivity index (χ1v) is 10.7. The molecule has 0 amide bonds. The normalized spacial score (nSPS) is 23.3. The van der Waals surface area contributed by atoms with E-state index in [2.05, 4.69) is 48.1 Å². The Bertz CT molecular complexity index is 413. The van der Waals surface area contributed by atoms with Crippen LogP contribution in [0.15, 0.2) is 4.99 Å². The topological polar surface area (TPSA) is 52.1 Å². The van der Waals surface area contributed by atoms with Gasteiger partial charge in [0.1, 0.15) is 0 Å². The minimum atomic E-state index is 0. The summed E-state index contributed by atoms with van der Waals surface area (Å²) in [6.45, 7) is 18.2. The summed E-state index contributed by atoms with van der Waals surface area (Å²) in [4.78, 5) is 9.91. The first-order chi connectivity index (χ1) is 12.6. The highest BCUT2D eigenvalue weighted by Crippen LogP contribution is 2.11. The second-order valence-corrected chi connectivity index (χ2v) is 8.13. The number of guanidine groups is 1. The number of likely N-dealkylation sites (tertiary alicyclic amines) is 1. The molecule has 0 saturated carbocycles. The van der Waals surface area contributed by atoms with Gasteiger partial charge in [0.25, 0.3) is 0 Å². The molecule has 2 N–H and O–H groups in total. The van der Waals surface area contributed by atoms with Gasteiger partial charge in [0, 0.05) is 45.3 Å². The van der Waals surface area contributed by atoms with Gasteiger partial charge in [-0.05, 0) is 38.6 Å². The van der Waals surface area contributed by atoms with Crippen LogP contribution in [0.25, 0.3) is 0 Å². The molecule has 0 spiro atoms. The van der Waals surface area contributed by atoms with Crippen molar-refractivity contribution in [3.05, 3.63) is 0 Å². The maximum absolute atomic E-state index is 5.94. The van der Waals surface area contributed by atoms with Gasteiger partial charge in [-0.25, -0.2) is 0 Å². The molecule has 2 aliphatic heterocycles. The molecule has 2 saturated heterocycles. The summed E-state index contributed by atoms with van der Waals surface area (Å²) in [6.07, 6.45) is 3.86. The van der Waals surface area contributed by atoms with E-state index in [9.17, 15) is 0 Å². The third-order valence-corrected chi connectivity index (χ3v) is 5.11. The van der Waals surface area contributed by atoms with Gasteiger partial charge in [-0.1, -0.05) is 20.8 Å². The van der Waals surface area contributed by atoms with E-state index in [4.69, 9.17) is 9.73 Å². The zero-order valence-electron chi connectivity index (χ0n) is 17.9. The van der Waals surface area contributed by atoms with Crippen molar-refractivity contribution in [2.75, 3.05) is 59.0 Å². The number of halogens is 1. The van der Waals surface area contributed by atoms with Crippen molar-refractivity contribution >= 4 is 29.9 Å². The highest BCUT2D eigenvalue weighted by molar-refractivity contribution is 14.0. The van der Waals surface area contributed by atoms with Gasteiger partial charge in [-0.15, -0.1) is 24.0 Å². The van der Waals surface area contributed by atoms with E-state index in [1.54, 1.807) is 0 Å². The molecule has 1 unspecified atom stereocenters. The fourth-order valence-corrected chi connectivity index (χ4v) is 3.90. The fraction of sp³-hybridized carbons (Fsp3) is 0.950. The Kier molecular flexibility index (Phi) is 12.9. The molecule has 0 radical (unpaired) electrons. The molecule has 27 heavy (non-hydrogen) atoms. The summed E-state index contributed by atoms with van der Waals surface area (Å²) in [5, 5.41) is 7.05. The maximum atomic E-state index is 5.94. The van der Waals surface area contributed by atoms with E-state index in [-0.39, 0.29) is 30.1 Å². The number of hydrogen-bond donors (Lipinski definition) is 2. The summed E-state index contributed by atoms with van der Waals surface area (Å²) in [5.74, 6) is 1.65. The lowest BCUT2D eigenvalue weighted by Crippen LogP contribution is -2.49. The molecule has 0 aromatic heterocycles. The third-order valence-electron chi connectivity index (χ3n) is 5.11. The van der Waals surface area contributed by atoms with Crippen molar-refractivity contribution in [3.8, 4) is 0 Å². The Labute approximate surface area is 183 Å². The van der Waals surface area contributed by atoms with Crippen molar-refractivity contribution in [2.24, 2.45) is 10.9 Å². The summed E-state index contributed by atoms with van der Waals surface area (Å²) in [7, 11) is 0. The van der Waals surface area contributed by atoms with E-state index in [1.165, 1.54) is 38.9 Å². The first-order valence-electron chi connectivity index (χ1n) is 10.7. The lowest BCUT2D eigenvalue weighted by Gasteiger charge is -2.34. The monoisotopic (exact) mass is 495 g/mol. The average molecular weight is 495 g/mol. The van der Waals surface area contributed by atoms with Crippen LogP contribution < -0.4 is 10.6 Å². The zero-order valence-corrected chi connectivity index (χ0v) is 20.2. The average Bonchev–Trinajstić information content (AvgIpc) is 2.61. The molecule has 1 atom stereocenters. The van der Waals surface area contributed by atoms with Crippen LogP contribution in [0.4, 0.5) is 0 Å². The van der Waals surface area contributed by atoms with Gasteiger partial charge in [0.15, 0.2) is 5.96 Å². The van der Waals surface area contributed by atoms with Gasteiger partial charge in [-0.3, -0.25) is 9.89 Å². The van der Waals surface area contributed by atoms with E-state index >= 15 is 0 Å². The van der Waals surface area contributed by atoms with Crippen LogP contribution in [0, 0.1) is 5.92 Å². The lowest BCUT2D eigenvalue weighted by atomic mass is 10.1. The molecular formula is C20H42IN5O. The number of piperidine rings is 1. The Hall–Kier alpha value is -0.120. The SMILES string of the molecule is CCCN1CCC(NC(=NCC2CN(CC(C)C)CCO2)NCC)CC1.I. The quantitative estimate of drug-likeness (QED) is 0.308. The number of morpholine rings is 1. The molecule has 6 nitrogen and oxygen atoms in total. The molecule has 2 rings (SSSR count). The molecule has 0 aromatic carbocycles. The summed E-state index contributed by atoms with van der Waals surface area (Å²) in [5.41, 5.74) is 0. The summed E-state index contributed by atoms with van der Waals surface area (Å²) < 4.78 is 5.94. The summed E-state index contributed by atoms with van der Waals surface area (Å²) >= 11 is 0. The van der Waals surface area contributed by atoms with Crippen LogP contribution in [0.2, 0.25) is 0 Å². The standard InChI is InChI=1S/C20H41N5O.HI/c1-5-9-24-10-7-18(8-11-24)23-20(21-6-2)22-14-19-16-25(12-13-26-19)15-17(3)4;/h17-19H,5-16H2,1-4H3,(H2,21,22,23);1H. The molecule has 2 heterocycles. The van der Waals surface area contributed by atoms with Gasteiger partial charge in [0.05, 0.1) is 19.3 Å². The third kappa shape index (κ3) is 9.76. The second-order valence-electron chi connectivity index (χ2n) is 8.13. The highest BCUT2D eigenvalue weighted by atomic mass is 127. The molecule has 0 bridgehead atoms. The van der Waals surface area contributed by atoms with Crippen LogP contribution >= 0.6 is 24.0 Å². The van der Waals surface area contributed by atoms with Crippen molar-refractivity contribution in [1.82, 2.24) is 20.4 Å². The van der Waals surface area contributed by atoms with Crippen molar-refractivity contribution in [3.63, 3.8) is 0 Å². The van der Waals surface area contributed by atoms with Crippen molar-refractivity contribution in [2.45, 2.75) is 59.1 Å². The van der Waals surface area contributed by atoms with Crippen LogP contribution in [-0.4, -0.2) is 86.9 Å². The second kappa shape index (κ2) is 14.0. The molecule has 160 valence electrons. The van der Waals surface area contributed by atoms with E-state index < -0.39 is 0 Å². The predicted octanol–water partition coefficient (Wildman–Crippen LogP) is 2.39. The largest absolute Gasteiger partial charge is 0.374 e. The van der Waals surface area contributed by atoms with Crippen molar-refractivity contribution < 1.29 is 4.74 Å². The fourth-order valence-electron chi connectivity index (χ4n) is 3.90. The number of hydrogen-bond acceptors (Lipinski definition) is 4. The summed E-state index contributed by atoms with van der Waals surface area (Å²) in [6, 6.07) is 0.533. The van der Waals surface area contributed by atoms with Crippen LogP contribution in [0.3, 0.4) is 0 Å². The maximum Gasteiger partial charge on any atom is 0.191 e. The highest BCUT2D eigenvalue weighted by Gasteiger charge is 2.22.